The van der Waals surface area contributed by atoms with Gasteiger partial charge < -0.3 is 15.0 Å². The molecule has 0 fully saturated rings. The molecule has 0 unspecified atom stereocenters. The Morgan fingerprint density at radius 2 is 1.94 bits per heavy atom. The minimum atomic E-state index is -0.00379. The normalized spacial score (nSPS) is 10.3. The van der Waals surface area contributed by atoms with Crippen LogP contribution in [0.5, 0.6) is 5.75 Å². The number of ether oxygens (including phenoxy) is 1. The Morgan fingerprint density at radius 3 is 2.61 bits per heavy atom. The standard InChI is InChI=1S/C14H16N2O2/c1-11-6-7-16(14(17)10-11)8-9-18-13-4-2-12(15)3-5-13/h2-7,10H,8-9,15H2,1H3. The lowest BCUT2D eigenvalue weighted by Gasteiger charge is -2.08. The molecule has 2 aromatic rings. The van der Waals surface area contributed by atoms with Crippen LogP contribution < -0.4 is 16.0 Å². The summed E-state index contributed by atoms with van der Waals surface area (Å²) >= 11 is 0. The van der Waals surface area contributed by atoms with Crippen LogP contribution in [-0.4, -0.2) is 11.2 Å². The monoisotopic (exact) mass is 244 g/mol. The number of nitrogens with zero attached hydrogens (tertiary/aromatic N) is 1. The van der Waals surface area contributed by atoms with Gasteiger partial charge >= 0.3 is 0 Å². The quantitative estimate of drug-likeness (QED) is 0.835. The molecule has 94 valence electrons. The van der Waals surface area contributed by atoms with Gasteiger partial charge in [0.2, 0.25) is 0 Å². The predicted octanol–water partition coefficient (Wildman–Crippen LogP) is 1.82. The van der Waals surface area contributed by atoms with E-state index in [4.69, 9.17) is 10.5 Å². The highest BCUT2D eigenvalue weighted by atomic mass is 16.5. The molecule has 0 aliphatic heterocycles. The van der Waals surface area contributed by atoms with Crippen LogP contribution in [0.15, 0.2) is 47.4 Å². The van der Waals surface area contributed by atoms with Gasteiger partial charge in [-0.05, 0) is 42.8 Å². The highest BCUT2D eigenvalue weighted by molar-refractivity contribution is 5.41. The molecule has 4 nitrogen and oxygen atoms in total. The zero-order valence-corrected chi connectivity index (χ0v) is 10.3. The maximum absolute atomic E-state index is 11.6. The molecule has 0 saturated carbocycles. The molecule has 1 aromatic heterocycles. The molecule has 0 atom stereocenters. The molecule has 18 heavy (non-hydrogen) atoms. The fraction of sp³-hybridized carbons (Fsp3) is 0.214. The third-order valence-corrected chi connectivity index (χ3v) is 2.63. The number of aromatic nitrogens is 1. The lowest BCUT2D eigenvalue weighted by atomic mass is 10.3. The number of nitrogen functional groups attached to an aromatic ring is 1. The molecule has 2 rings (SSSR count). The van der Waals surface area contributed by atoms with Crippen molar-refractivity contribution in [3.05, 3.63) is 58.5 Å². The average Bonchev–Trinajstić information content (AvgIpc) is 2.34. The summed E-state index contributed by atoms with van der Waals surface area (Å²) in [6.07, 6.45) is 1.78. The molecule has 1 aromatic carbocycles. The summed E-state index contributed by atoms with van der Waals surface area (Å²) in [7, 11) is 0. The fourth-order valence-electron chi connectivity index (χ4n) is 1.62. The summed E-state index contributed by atoms with van der Waals surface area (Å²) in [4.78, 5) is 11.6. The van der Waals surface area contributed by atoms with Crippen molar-refractivity contribution in [3.63, 3.8) is 0 Å². The van der Waals surface area contributed by atoms with Crippen molar-refractivity contribution in [1.82, 2.24) is 4.57 Å². The summed E-state index contributed by atoms with van der Waals surface area (Å²) in [6.45, 7) is 2.88. The molecule has 4 heteroatoms. The van der Waals surface area contributed by atoms with Crippen molar-refractivity contribution in [2.24, 2.45) is 0 Å². The van der Waals surface area contributed by atoms with Crippen LogP contribution in [0.3, 0.4) is 0 Å². The molecule has 2 N–H and O–H groups in total. The molecule has 0 saturated heterocycles. The van der Waals surface area contributed by atoms with Gasteiger partial charge in [-0.1, -0.05) is 0 Å². The molecular formula is C14H16N2O2. The Morgan fingerprint density at radius 1 is 1.22 bits per heavy atom. The van der Waals surface area contributed by atoms with Crippen molar-refractivity contribution < 1.29 is 4.74 Å². The third kappa shape index (κ3) is 3.13. The Labute approximate surface area is 106 Å². The minimum Gasteiger partial charge on any atom is -0.492 e. The Balaban J connectivity index is 1.92. The molecule has 0 aliphatic carbocycles. The number of benzene rings is 1. The van der Waals surface area contributed by atoms with Crippen LogP contribution in [0.2, 0.25) is 0 Å². The van der Waals surface area contributed by atoms with Crippen molar-refractivity contribution in [2.75, 3.05) is 12.3 Å². The number of rotatable bonds is 4. The topological polar surface area (TPSA) is 57.2 Å². The Bertz CT molecular complexity index is 573. The van der Waals surface area contributed by atoms with Crippen LogP contribution in [0.4, 0.5) is 5.69 Å². The van der Waals surface area contributed by atoms with Gasteiger partial charge in [0.25, 0.3) is 5.56 Å². The Kier molecular flexibility index (Phi) is 3.67. The fourth-order valence-corrected chi connectivity index (χ4v) is 1.62. The van der Waals surface area contributed by atoms with E-state index >= 15 is 0 Å². The van der Waals surface area contributed by atoms with Gasteiger partial charge in [-0.2, -0.15) is 0 Å². The summed E-state index contributed by atoms with van der Waals surface area (Å²) in [6, 6.07) is 10.7. The zero-order valence-electron chi connectivity index (χ0n) is 10.3. The van der Waals surface area contributed by atoms with Crippen LogP contribution in [-0.2, 0) is 6.54 Å². The maximum Gasteiger partial charge on any atom is 0.250 e. The molecule has 1 heterocycles. The summed E-state index contributed by atoms with van der Waals surface area (Å²) in [5, 5.41) is 0. The third-order valence-electron chi connectivity index (χ3n) is 2.63. The lowest BCUT2D eigenvalue weighted by Crippen LogP contribution is -2.21. The number of pyridine rings is 1. The van der Waals surface area contributed by atoms with Gasteiger partial charge in [0.1, 0.15) is 12.4 Å². The minimum absolute atomic E-state index is 0.00379. The van der Waals surface area contributed by atoms with E-state index in [0.717, 1.165) is 11.3 Å². The van der Waals surface area contributed by atoms with Crippen molar-refractivity contribution in [3.8, 4) is 5.75 Å². The number of nitrogens with two attached hydrogens (primary N) is 1. The van der Waals surface area contributed by atoms with Gasteiger partial charge in [0, 0.05) is 18.0 Å². The molecular weight excluding hydrogens is 228 g/mol. The second-order valence-corrected chi connectivity index (χ2v) is 4.15. The summed E-state index contributed by atoms with van der Waals surface area (Å²) in [5.41, 5.74) is 7.25. The molecule has 0 bridgehead atoms. The van der Waals surface area contributed by atoms with E-state index in [2.05, 4.69) is 0 Å². The van der Waals surface area contributed by atoms with E-state index in [1.54, 1.807) is 29.0 Å². The SMILES string of the molecule is Cc1ccn(CCOc2ccc(N)cc2)c(=O)c1. The van der Waals surface area contributed by atoms with Crippen LogP contribution >= 0.6 is 0 Å². The lowest BCUT2D eigenvalue weighted by molar-refractivity contribution is 0.296. The van der Waals surface area contributed by atoms with Crippen molar-refractivity contribution >= 4 is 5.69 Å². The number of hydrogen-bond donors (Lipinski definition) is 1. The van der Waals surface area contributed by atoms with E-state index in [0.29, 0.717) is 18.8 Å². The number of hydrogen-bond acceptors (Lipinski definition) is 3. The van der Waals surface area contributed by atoms with Crippen LogP contribution in [0.25, 0.3) is 0 Å². The number of aryl methyl sites for hydroxylation is 1. The van der Waals surface area contributed by atoms with E-state index < -0.39 is 0 Å². The van der Waals surface area contributed by atoms with Gasteiger partial charge in [0.15, 0.2) is 0 Å². The van der Waals surface area contributed by atoms with Gasteiger partial charge in [-0.25, -0.2) is 0 Å². The van der Waals surface area contributed by atoms with Gasteiger partial charge in [-0.3, -0.25) is 4.79 Å². The largest absolute Gasteiger partial charge is 0.492 e. The highest BCUT2D eigenvalue weighted by Crippen LogP contribution is 2.12. The summed E-state index contributed by atoms with van der Waals surface area (Å²) in [5.74, 6) is 0.754. The second kappa shape index (κ2) is 5.40. The molecule has 0 amide bonds. The van der Waals surface area contributed by atoms with Crippen molar-refractivity contribution in [2.45, 2.75) is 13.5 Å². The first kappa shape index (κ1) is 12.2. The van der Waals surface area contributed by atoms with Crippen LogP contribution in [0.1, 0.15) is 5.56 Å². The first-order chi connectivity index (χ1) is 8.65. The van der Waals surface area contributed by atoms with E-state index in [9.17, 15) is 4.79 Å². The average molecular weight is 244 g/mol. The smallest absolute Gasteiger partial charge is 0.250 e. The van der Waals surface area contributed by atoms with Crippen molar-refractivity contribution in [1.29, 1.82) is 0 Å². The second-order valence-electron chi connectivity index (χ2n) is 4.15. The number of anilines is 1. The zero-order chi connectivity index (χ0) is 13.0. The molecule has 0 aliphatic rings. The first-order valence-corrected chi connectivity index (χ1v) is 5.80. The predicted molar refractivity (Wildman–Crippen MR) is 71.8 cm³/mol. The van der Waals surface area contributed by atoms with E-state index in [1.807, 2.05) is 25.1 Å². The summed E-state index contributed by atoms with van der Waals surface area (Å²) < 4.78 is 7.16. The Hall–Kier alpha value is -2.23. The van der Waals surface area contributed by atoms with Crippen LogP contribution in [0, 0.1) is 6.92 Å². The van der Waals surface area contributed by atoms with E-state index in [-0.39, 0.29) is 5.56 Å². The van der Waals surface area contributed by atoms with Gasteiger partial charge in [0.05, 0.1) is 6.54 Å². The van der Waals surface area contributed by atoms with E-state index in [1.165, 1.54) is 0 Å². The molecule has 0 spiro atoms. The molecule has 0 radical (unpaired) electrons. The highest BCUT2D eigenvalue weighted by Gasteiger charge is 1.97. The van der Waals surface area contributed by atoms with Gasteiger partial charge in [-0.15, -0.1) is 0 Å². The first-order valence-electron chi connectivity index (χ1n) is 5.80. The maximum atomic E-state index is 11.6.